The van der Waals surface area contributed by atoms with E-state index in [0.29, 0.717) is 0 Å². The predicted molar refractivity (Wildman–Crippen MR) is 59.8 cm³/mol. The molecule has 0 amide bonds. The van der Waals surface area contributed by atoms with Gasteiger partial charge < -0.3 is 10.4 Å². The van der Waals surface area contributed by atoms with Crippen LogP contribution >= 0.6 is 11.5 Å². The number of rotatable bonds is 4. The number of hydrogen-bond acceptors (Lipinski definition) is 4. The molecule has 0 atom stereocenters. The van der Waals surface area contributed by atoms with E-state index < -0.39 is 0 Å². The number of nitrogens with one attached hydrogen (secondary N) is 1. The van der Waals surface area contributed by atoms with Crippen LogP contribution in [0.2, 0.25) is 0 Å². The summed E-state index contributed by atoms with van der Waals surface area (Å²) in [7, 11) is 0. The van der Waals surface area contributed by atoms with E-state index in [4.69, 9.17) is 5.11 Å². The van der Waals surface area contributed by atoms with Crippen LogP contribution in [0, 0.1) is 0 Å². The van der Waals surface area contributed by atoms with Gasteiger partial charge in [-0.3, -0.25) is 0 Å². The van der Waals surface area contributed by atoms with Gasteiger partial charge in [-0.15, -0.1) is 0 Å². The third-order valence-electron chi connectivity index (χ3n) is 2.02. The molecule has 0 bridgehead atoms. The lowest BCUT2D eigenvalue weighted by Crippen LogP contribution is -2.02. The van der Waals surface area contributed by atoms with Crippen molar-refractivity contribution in [2.45, 2.75) is 6.42 Å². The maximum absolute atomic E-state index is 8.63. The fourth-order valence-electron chi connectivity index (χ4n) is 1.29. The summed E-state index contributed by atoms with van der Waals surface area (Å²) in [6.07, 6.45) is 2.65. The van der Waals surface area contributed by atoms with Gasteiger partial charge in [-0.2, -0.15) is 4.37 Å². The van der Waals surface area contributed by atoms with Gasteiger partial charge in [0.05, 0.1) is 4.70 Å². The molecule has 4 heteroatoms. The number of hydrogen-bond donors (Lipinski definition) is 2. The minimum absolute atomic E-state index is 0.231. The van der Waals surface area contributed by atoms with E-state index in [1.165, 1.54) is 21.6 Å². The first-order valence-corrected chi connectivity index (χ1v) is 5.36. The van der Waals surface area contributed by atoms with Crippen molar-refractivity contribution in [2.24, 2.45) is 0 Å². The Labute approximate surface area is 86.6 Å². The van der Waals surface area contributed by atoms with E-state index >= 15 is 0 Å². The van der Waals surface area contributed by atoms with Crippen LogP contribution in [0.15, 0.2) is 24.4 Å². The van der Waals surface area contributed by atoms with Gasteiger partial charge in [-0.05, 0) is 36.2 Å². The quantitative estimate of drug-likeness (QED) is 0.756. The van der Waals surface area contributed by atoms with E-state index in [0.717, 1.165) is 18.7 Å². The molecule has 2 aromatic rings. The molecule has 1 aromatic heterocycles. The maximum Gasteiger partial charge on any atom is 0.0551 e. The molecule has 1 aromatic carbocycles. The zero-order valence-electron chi connectivity index (χ0n) is 7.73. The Bertz CT molecular complexity index is 413. The molecule has 14 heavy (non-hydrogen) atoms. The van der Waals surface area contributed by atoms with Crippen molar-refractivity contribution in [1.29, 1.82) is 0 Å². The smallest absolute Gasteiger partial charge is 0.0551 e. The normalized spacial score (nSPS) is 10.6. The van der Waals surface area contributed by atoms with E-state index in [1.807, 2.05) is 12.3 Å². The highest BCUT2D eigenvalue weighted by molar-refractivity contribution is 7.13. The van der Waals surface area contributed by atoms with Gasteiger partial charge in [0.25, 0.3) is 0 Å². The van der Waals surface area contributed by atoms with Gasteiger partial charge in [-0.1, -0.05) is 0 Å². The van der Waals surface area contributed by atoms with Crippen molar-refractivity contribution in [2.75, 3.05) is 18.5 Å². The SMILES string of the molecule is OCCCNc1ccc2sncc2c1. The number of aliphatic hydroxyl groups is 1. The summed E-state index contributed by atoms with van der Waals surface area (Å²) in [4.78, 5) is 0. The van der Waals surface area contributed by atoms with Crippen LogP contribution in [-0.4, -0.2) is 22.6 Å². The summed E-state index contributed by atoms with van der Waals surface area (Å²) in [5.41, 5.74) is 1.09. The largest absolute Gasteiger partial charge is 0.396 e. The van der Waals surface area contributed by atoms with Crippen LogP contribution in [0.25, 0.3) is 10.1 Å². The highest BCUT2D eigenvalue weighted by atomic mass is 32.1. The third-order valence-corrected chi connectivity index (χ3v) is 2.80. The molecule has 0 aliphatic carbocycles. The molecule has 0 saturated carbocycles. The van der Waals surface area contributed by atoms with Gasteiger partial charge >= 0.3 is 0 Å². The number of anilines is 1. The van der Waals surface area contributed by atoms with E-state index in [9.17, 15) is 0 Å². The van der Waals surface area contributed by atoms with Gasteiger partial charge in [0.1, 0.15) is 0 Å². The molecular weight excluding hydrogens is 196 g/mol. The minimum Gasteiger partial charge on any atom is -0.396 e. The maximum atomic E-state index is 8.63. The summed E-state index contributed by atoms with van der Waals surface area (Å²) in [5.74, 6) is 0. The minimum atomic E-state index is 0.231. The Hall–Kier alpha value is -1.13. The molecule has 74 valence electrons. The molecule has 0 spiro atoms. The summed E-state index contributed by atoms with van der Waals surface area (Å²) < 4.78 is 5.32. The average Bonchev–Trinajstić information content (AvgIpc) is 2.65. The first kappa shape index (κ1) is 9.43. The Morgan fingerprint density at radius 1 is 1.43 bits per heavy atom. The van der Waals surface area contributed by atoms with Gasteiger partial charge in [0, 0.05) is 30.4 Å². The zero-order valence-corrected chi connectivity index (χ0v) is 8.55. The molecule has 1 heterocycles. The summed E-state index contributed by atoms with van der Waals surface area (Å²) >= 11 is 1.51. The number of aliphatic hydroxyl groups excluding tert-OH is 1. The highest BCUT2D eigenvalue weighted by Gasteiger charge is 1.97. The van der Waals surface area contributed by atoms with Crippen molar-refractivity contribution in [3.05, 3.63) is 24.4 Å². The van der Waals surface area contributed by atoms with Crippen molar-refractivity contribution in [3.8, 4) is 0 Å². The molecule has 0 radical (unpaired) electrons. The topological polar surface area (TPSA) is 45.1 Å². The molecule has 0 fully saturated rings. The van der Waals surface area contributed by atoms with Gasteiger partial charge in [0.15, 0.2) is 0 Å². The van der Waals surface area contributed by atoms with Crippen molar-refractivity contribution >= 4 is 27.3 Å². The molecule has 0 unspecified atom stereocenters. The Morgan fingerprint density at radius 2 is 2.36 bits per heavy atom. The standard InChI is InChI=1S/C10H12N2OS/c13-5-1-4-11-9-2-3-10-8(6-9)7-12-14-10/h2-3,6-7,11,13H,1,4-5H2. The third kappa shape index (κ3) is 2.02. The number of nitrogens with zero attached hydrogens (tertiary/aromatic N) is 1. The van der Waals surface area contributed by atoms with E-state index in [2.05, 4.69) is 21.8 Å². The molecule has 0 aliphatic heterocycles. The Balaban J connectivity index is 2.10. The predicted octanol–water partition coefficient (Wildman–Crippen LogP) is 2.09. The summed E-state index contributed by atoms with van der Waals surface area (Å²) in [6.45, 7) is 1.04. The fourth-order valence-corrected chi connectivity index (χ4v) is 1.92. The first-order valence-electron chi connectivity index (χ1n) is 4.59. The van der Waals surface area contributed by atoms with Crippen LogP contribution in [0.5, 0.6) is 0 Å². The van der Waals surface area contributed by atoms with Crippen molar-refractivity contribution in [1.82, 2.24) is 4.37 Å². The second kappa shape index (κ2) is 4.39. The van der Waals surface area contributed by atoms with Crippen LogP contribution in [0.3, 0.4) is 0 Å². The van der Waals surface area contributed by atoms with E-state index in [1.54, 1.807) is 0 Å². The van der Waals surface area contributed by atoms with Gasteiger partial charge in [0.2, 0.25) is 0 Å². The molecule has 2 rings (SSSR count). The summed E-state index contributed by atoms with van der Waals surface area (Å²) in [5, 5.41) is 13.0. The monoisotopic (exact) mass is 208 g/mol. The van der Waals surface area contributed by atoms with Crippen LogP contribution in [-0.2, 0) is 0 Å². The van der Waals surface area contributed by atoms with Crippen molar-refractivity contribution in [3.63, 3.8) is 0 Å². The second-order valence-corrected chi connectivity index (χ2v) is 3.92. The van der Waals surface area contributed by atoms with Crippen LogP contribution in [0.1, 0.15) is 6.42 Å². The zero-order chi connectivity index (χ0) is 9.80. The lowest BCUT2D eigenvalue weighted by Gasteiger charge is -2.04. The number of fused-ring (bicyclic) bond motifs is 1. The number of aromatic nitrogens is 1. The molecular formula is C10H12N2OS. The Kier molecular flexibility index (Phi) is 2.96. The van der Waals surface area contributed by atoms with Crippen LogP contribution < -0.4 is 5.32 Å². The summed E-state index contributed by atoms with van der Waals surface area (Å²) in [6, 6.07) is 6.18. The molecule has 3 nitrogen and oxygen atoms in total. The lowest BCUT2D eigenvalue weighted by atomic mass is 10.2. The highest BCUT2D eigenvalue weighted by Crippen LogP contribution is 2.21. The van der Waals surface area contributed by atoms with Crippen molar-refractivity contribution < 1.29 is 5.11 Å². The Morgan fingerprint density at radius 3 is 3.21 bits per heavy atom. The van der Waals surface area contributed by atoms with Crippen LogP contribution in [0.4, 0.5) is 5.69 Å². The molecule has 0 aliphatic rings. The van der Waals surface area contributed by atoms with E-state index in [-0.39, 0.29) is 6.61 Å². The average molecular weight is 208 g/mol. The number of benzene rings is 1. The first-order chi connectivity index (χ1) is 6.90. The lowest BCUT2D eigenvalue weighted by molar-refractivity contribution is 0.292. The fraction of sp³-hybridized carbons (Fsp3) is 0.300. The van der Waals surface area contributed by atoms with Gasteiger partial charge in [-0.25, -0.2) is 0 Å². The molecule has 2 N–H and O–H groups in total. The second-order valence-electron chi connectivity index (χ2n) is 3.08. The molecule has 0 saturated heterocycles.